The van der Waals surface area contributed by atoms with Crippen molar-refractivity contribution in [2.45, 2.75) is 19.4 Å². The number of aromatic nitrogens is 1. The smallest absolute Gasteiger partial charge is 0.120 e. The van der Waals surface area contributed by atoms with Crippen LogP contribution in [0.2, 0.25) is 0 Å². The van der Waals surface area contributed by atoms with Crippen LogP contribution in [0.1, 0.15) is 16.7 Å². The van der Waals surface area contributed by atoms with Gasteiger partial charge in [0, 0.05) is 30.1 Å². The fourth-order valence-corrected chi connectivity index (χ4v) is 4.50. The Hall–Kier alpha value is -3.73. The van der Waals surface area contributed by atoms with E-state index < -0.39 is 0 Å². The first-order valence-corrected chi connectivity index (χ1v) is 12.1. The molecule has 0 unspecified atom stereocenters. The van der Waals surface area contributed by atoms with Gasteiger partial charge in [-0.3, -0.25) is 0 Å². The van der Waals surface area contributed by atoms with Gasteiger partial charge in [-0.25, -0.2) is 0 Å². The number of phenols is 1. The zero-order valence-electron chi connectivity index (χ0n) is 20.1. The van der Waals surface area contributed by atoms with Crippen LogP contribution in [0.15, 0.2) is 103 Å². The normalized spacial score (nSPS) is 10.8. The monoisotopic (exact) mass is 498 g/mol. The van der Waals surface area contributed by atoms with Gasteiger partial charge in [0.15, 0.2) is 0 Å². The number of hydrogen-bond acceptors (Lipinski definition) is 3. The fourth-order valence-electron chi connectivity index (χ4n) is 4.50. The standard InChI is InChI=1S/C31H30N2O2.ClH/c32-18-16-27-22-33(21-24-6-10-26(11-7-24)25-4-2-1-3-5-25)31-15-14-29(20-30(27)31)35-19-17-23-8-12-28(34)13-9-23;/h1-15,20,22,34H,16-19,21,32H2;1H. The number of ether oxygens (including phenoxy) is 1. The van der Waals surface area contributed by atoms with Crippen LogP contribution in [-0.2, 0) is 19.4 Å². The van der Waals surface area contributed by atoms with Gasteiger partial charge in [-0.2, -0.15) is 0 Å². The van der Waals surface area contributed by atoms with Gasteiger partial charge < -0.3 is 20.1 Å². The Kier molecular flexibility index (Phi) is 8.32. The van der Waals surface area contributed by atoms with E-state index in [1.807, 2.05) is 24.3 Å². The van der Waals surface area contributed by atoms with Crippen molar-refractivity contribution in [3.8, 4) is 22.6 Å². The summed E-state index contributed by atoms with van der Waals surface area (Å²) in [6.45, 7) is 1.99. The highest BCUT2D eigenvalue weighted by Gasteiger charge is 2.11. The number of aromatic hydroxyl groups is 1. The van der Waals surface area contributed by atoms with Crippen molar-refractivity contribution in [3.05, 3.63) is 120 Å². The van der Waals surface area contributed by atoms with E-state index in [9.17, 15) is 5.11 Å². The van der Waals surface area contributed by atoms with Crippen molar-refractivity contribution in [3.63, 3.8) is 0 Å². The van der Waals surface area contributed by atoms with Crippen molar-refractivity contribution in [2.75, 3.05) is 13.2 Å². The molecule has 1 heterocycles. The third-order valence-corrected chi connectivity index (χ3v) is 6.36. The second-order valence-corrected chi connectivity index (χ2v) is 8.83. The van der Waals surface area contributed by atoms with Crippen LogP contribution in [0.5, 0.6) is 11.5 Å². The summed E-state index contributed by atoms with van der Waals surface area (Å²) in [5.41, 5.74) is 13.2. The Morgan fingerprint density at radius 3 is 2.17 bits per heavy atom. The van der Waals surface area contributed by atoms with Crippen molar-refractivity contribution in [2.24, 2.45) is 5.73 Å². The van der Waals surface area contributed by atoms with Crippen LogP contribution < -0.4 is 10.5 Å². The molecular formula is C31H31ClN2O2. The molecule has 5 rings (SSSR count). The minimum atomic E-state index is 0. The first-order valence-electron chi connectivity index (χ1n) is 12.1. The van der Waals surface area contributed by atoms with Gasteiger partial charge in [-0.15, -0.1) is 12.4 Å². The fraction of sp³-hybridized carbons (Fsp3) is 0.161. The number of hydrogen-bond donors (Lipinski definition) is 2. The summed E-state index contributed by atoms with van der Waals surface area (Å²) in [6, 6.07) is 32.8. The number of halogens is 1. The lowest BCUT2D eigenvalue weighted by Crippen LogP contribution is -2.02. The van der Waals surface area contributed by atoms with Gasteiger partial charge in [-0.1, -0.05) is 66.7 Å². The summed E-state index contributed by atoms with van der Waals surface area (Å²) in [6.07, 6.45) is 3.84. The van der Waals surface area contributed by atoms with Gasteiger partial charge in [0.25, 0.3) is 0 Å². The van der Waals surface area contributed by atoms with Crippen LogP contribution in [-0.4, -0.2) is 22.8 Å². The summed E-state index contributed by atoms with van der Waals surface area (Å²) >= 11 is 0. The Morgan fingerprint density at radius 1 is 0.750 bits per heavy atom. The molecule has 0 atom stereocenters. The van der Waals surface area contributed by atoms with Gasteiger partial charge >= 0.3 is 0 Å². The molecule has 4 aromatic carbocycles. The number of phenolic OH excluding ortho intramolecular Hbond substituents is 1. The number of benzene rings is 4. The Labute approximate surface area is 218 Å². The SMILES string of the molecule is Cl.NCCc1cn(Cc2ccc(-c3ccccc3)cc2)c2ccc(OCCc3ccc(O)cc3)cc12. The molecular weight excluding hydrogens is 468 g/mol. The van der Waals surface area contributed by atoms with E-state index in [1.54, 1.807) is 12.1 Å². The molecule has 0 saturated heterocycles. The zero-order chi connectivity index (χ0) is 24.0. The maximum atomic E-state index is 9.44. The molecule has 3 N–H and O–H groups in total. The molecule has 36 heavy (non-hydrogen) atoms. The van der Waals surface area contributed by atoms with Gasteiger partial charge in [0.1, 0.15) is 11.5 Å². The van der Waals surface area contributed by atoms with E-state index in [-0.39, 0.29) is 18.2 Å². The average molecular weight is 499 g/mol. The molecule has 0 aliphatic heterocycles. The van der Waals surface area contributed by atoms with E-state index in [0.29, 0.717) is 13.2 Å². The molecule has 5 aromatic rings. The summed E-state index contributed by atoms with van der Waals surface area (Å²) < 4.78 is 8.36. The first-order chi connectivity index (χ1) is 17.2. The quantitative estimate of drug-likeness (QED) is 0.240. The predicted molar refractivity (Wildman–Crippen MR) is 150 cm³/mol. The predicted octanol–water partition coefficient (Wildman–Crippen LogP) is 6.61. The van der Waals surface area contributed by atoms with E-state index in [2.05, 4.69) is 71.4 Å². The molecule has 1 aromatic heterocycles. The van der Waals surface area contributed by atoms with Crippen molar-refractivity contribution in [1.29, 1.82) is 0 Å². The third kappa shape index (κ3) is 5.91. The maximum absolute atomic E-state index is 9.44. The Morgan fingerprint density at radius 2 is 1.44 bits per heavy atom. The van der Waals surface area contributed by atoms with Gasteiger partial charge in [-0.05, 0) is 71.1 Å². The Balaban J connectivity index is 0.00000304. The van der Waals surface area contributed by atoms with E-state index >= 15 is 0 Å². The van der Waals surface area contributed by atoms with Crippen molar-refractivity contribution in [1.82, 2.24) is 4.57 Å². The summed E-state index contributed by atoms with van der Waals surface area (Å²) in [5, 5.41) is 10.6. The Bertz CT molecular complexity index is 1400. The molecule has 0 saturated carbocycles. The van der Waals surface area contributed by atoms with E-state index in [4.69, 9.17) is 10.5 Å². The third-order valence-electron chi connectivity index (χ3n) is 6.36. The lowest BCUT2D eigenvalue weighted by molar-refractivity contribution is 0.322. The molecule has 0 fully saturated rings. The topological polar surface area (TPSA) is 60.4 Å². The second-order valence-electron chi connectivity index (χ2n) is 8.83. The van der Waals surface area contributed by atoms with Gasteiger partial charge in [0.05, 0.1) is 6.61 Å². The molecule has 0 aliphatic rings. The summed E-state index contributed by atoms with van der Waals surface area (Å²) in [7, 11) is 0. The summed E-state index contributed by atoms with van der Waals surface area (Å²) in [4.78, 5) is 0. The van der Waals surface area contributed by atoms with Crippen LogP contribution in [0, 0.1) is 0 Å². The number of nitrogens with zero attached hydrogens (tertiary/aromatic N) is 1. The van der Waals surface area contributed by atoms with E-state index in [1.165, 1.54) is 33.2 Å². The molecule has 4 nitrogen and oxygen atoms in total. The number of rotatable bonds is 9. The van der Waals surface area contributed by atoms with Crippen LogP contribution in [0.4, 0.5) is 0 Å². The molecule has 0 amide bonds. The molecule has 0 spiro atoms. The van der Waals surface area contributed by atoms with E-state index in [0.717, 1.165) is 30.7 Å². The zero-order valence-corrected chi connectivity index (χ0v) is 21.0. The minimum absolute atomic E-state index is 0. The highest BCUT2D eigenvalue weighted by molar-refractivity contribution is 5.86. The van der Waals surface area contributed by atoms with Crippen molar-refractivity contribution >= 4 is 23.3 Å². The highest BCUT2D eigenvalue weighted by Crippen LogP contribution is 2.28. The maximum Gasteiger partial charge on any atom is 0.120 e. The average Bonchev–Trinajstić information content (AvgIpc) is 3.23. The second kappa shape index (κ2) is 11.8. The number of fused-ring (bicyclic) bond motifs is 1. The molecule has 184 valence electrons. The molecule has 0 bridgehead atoms. The lowest BCUT2D eigenvalue weighted by Gasteiger charge is -2.09. The molecule has 0 radical (unpaired) electrons. The molecule has 0 aliphatic carbocycles. The van der Waals surface area contributed by atoms with Crippen LogP contribution in [0.3, 0.4) is 0 Å². The largest absolute Gasteiger partial charge is 0.508 e. The number of nitrogens with two attached hydrogens (primary N) is 1. The minimum Gasteiger partial charge on any atom is -0.508 e. The van der Waals surface area contributed by atoms with Crippen molar-refractivity contribution < 1.29 is 9.84 Å². The molecule has 5 heteroatoms. The van der Waals surface area contributed by atoms with Crippen LogP contribution >= 0.6 is 12.4 Å². The summed E-state index contributed by atoms with van der Waals surface area (Å²) in [5.74, 6) is 1.14. The van der Waals surface area contributed by atoms with Crippen LogP contribution in [0.25, 0.3) is 22.0 Å². The lowest BCUT2D eigenvalue weighted by atomic mass is 10.0. The van der Waals surface area contributed by atoms with Gasteiger partial charge in [0.2, 0.25) is 0 Å². The highest BCUT2D eigenvalue weighted by atomic mass is 35.5. The first kappa shape index (κ1) is 25.4.